The lowest BCUT2D eigenvalue weighted by Crippen LogP contribution is -2.27. The molecule has 6 nitrogen and oxygen atoms in total. The van der Waals surface area contributed by atoms with Crippen molar-refractivity contribution in [1.29, 1.82) is 0 Å². The fourth-order valence-electron chi connectivity index (χ4n) is 2.48. The van der Waals surface area contributed by atoms with Gasteiger partial charge in [-0.2, -0.15) is 0 Å². The van der Waals surface area contributed by atoms with Crippen molar-refractivity contribution in [2.24, 2.45) is 0 Å². The second kappa shape index (κ2) is 7.30. The van der Waals surface area contributed by atoms with Crippen LogP contribution in [0.2, 0.25) is 5.02 Å². The highest BCUT2D eigenvalue weighted by Gasteiger charge is 2.29. The molecule has 0 saturated carbocycles. The highest BCUT2D eigenvalue weighted by Crippen LogP contribution is 2.25. The van der Waals surface area contributed by atoms with Crippen molar-refractivity contribution in [1.82, 2.24) is 4.90 Å². The Morgan fingerprint density at radius 2 is 1.85 bits per heavy atom. The summed E-state index contributed by atoms with van der Waals surface area (Å²) in [4.78, 5) is 24.6. The van der Waals surface area contributed by atoms with Gasteiger partial charge in [0.15, 0.2) is 0 Å². The number of amides is 2. The molecule has 1 N–H and O–H groups in total. The van der Waals surface area contributed by atoms with Gasteiger partial charge < -0.3 is 0 Å². The lowest BCUT2D eigenvalue weighted by Gasteiger charge is -2.14. The molecular weight excluding hydrogens is 396 g/mol. The highest BCUT2D eigenvalue weighted by molar-refractivity contribution is 8.14. The average molecular weight is 411 g/mol. The fourth-order valence-corrected chi connectivity index (χ4v) is 4.77. The summed E-state index contributed by atoms with van der Waals surface area (Å²) in [6.07, 6.45) is 0. The zero-order valence-corrected chi connectivity index (χ0v) is 16.1. The van der Waals surface area contributed by atoms with Crippen LogP contribution in [0.4, 0.5) is 10.5 Å². The Hall–Kier alpha value is -2.03. The number of anilines is 1. The smallest absolute Gasteiger partial charge is 0.280 e. The Balaban J connectivity index is 1.76. The number of benzene rings is 2. The second-order valence-electron chi connectivity index (χ2n) is 5.70. The minimum Gasteiger partial charge on any atom is -0.280 e. The van der Waals surface area contributed by atoms with E-state index in [1.807, 2.05) is 0 Å². The largest absolute Gasteiger partial charge is 0.289 e. The Labute approximate surface area is 160 Å². The third-order valence-electron chi connectivity index (χ3n) is 3.89. The molecule has 0 radical (unpaired) electrons. The maximum atomic E-state index is 12.6. The van der Waals surface area contributed by atoms with Crippen molar-refractivity contribution in [2.75, 3.05) is 10.5 Å². The van der Waals surface area contributed by atoms with Crippen molar-refractivity contribution in [2.45, 2.75) is 18.4 Å². The highest BCUT2D eigenvalue weighted by atomic mass is 35.5. The predicted octanol–water partition coefficient (Wildman–Crippen LogP) is 3.64. The van der Waals surface area contributed by atoms with Gasteiger partial charge in [-0.15, -0.1) is 0 Å². The van der Waals surface area contributed by atoms with Crippen molar-refractivity contribution in [3.05, 3.63) is 58.6 Å². The van der Waals surface area contributed by atoms with Crippen LogP contribution in [0.1, 0.15) is 11.1 Å². The molecule has 3 rings (SSSR count). The van der Waals surface area contributed by atoms with Crippen molar-refractivity contribution in [3.63, 3.8) is 0 Å². The van der Waals surface area contributed by atoms with Gasteiger partial charge in [0.2, 0.25) is 5.91 Å². The number of halogens is 1. The van der Waals surface area contributed by atoms with E-state index in [9.17, 15) is 18.0 Å². The van der Waals surface area contributed by atoms with Crippen LogP contribution in [0, 0.1) is 6.92 Å². The van der Waals surface area contributed by atoms with Crippen LogP contribution in [0.3, 0.4) is 0 Å². The number of thioether (sulfide) groups is 1. The Morgan fingerprint density at radius 1 is 1.15 bits per heavy atom. The molecule has 0 atom stereocenters. The van der Waals surface area contributed by atoms with Gasteiger partial charge in [0.1, 0.15) is 0 Å². The first-order valence-electron chi connectivity index (χ1n) is 7.62. The number of imide groups is 1. The molecule has 0 unspecified atom stereocenters. The summed E-state index contributed by atoms with van der Waals surface area (Å²) in [5.41, 5.74) is 1.58. The molecule has 136 valence electrons. The maximum Gasteiger partial charge on any atom is 0.289 e. The lowest BCUT2D eigenvalue weighted by atomic mass is 10.2. The molecular formula is C17H15ClN2O4S2. The Kier molecular flexibility index (Phi) is 5.27. The van der Waals surface area contributed by atoms with Gasteiger partial charge in [-0.05, 0) is 42.3 Å². The van der Waals surface area contributed by atoms with Crippen molar-refractivity contribution < 1.29 is 18.0 Å². The third-order valence-corrected chi connectivity index (χ3v) is 6.69. The molecule has 1 aliphatic heterocycles. The summed E-state index contributed by atoms with van der Waals surface area (Å²) in [6, 6.07) is 11.2. The summed E-state index contributed by atoms with van der Waals surface area (Å²) in [6.45, 7) is 1.81. The van der Waals surface area contributed by atoms with E-state index >= 15 is 0 Å². The fraction of sp³-hybridized carbons (Fsp3) is 0.176. The minimum atomic E-state index is -3.78. The van der Waals surface area contributed by atoms with E-state index in [2.05, 4.69) is 4.72 Å². The van der Waals surface area contributed by atoms with Crippen LogP contribution in [-0.4, -0.2) is 30.2 Å². The number of sulfonamides is 1. The molecule has 2 amide bonds. The van der Waals surface area contributed by atoms with Gasteiger partial charge in [-0.25, -0.2) is 8.42 Å². The summed E-state index contributed by atoms with van der Waals surface area (Å²) >= 11 is 6.97. The van der Waals surface area contributed by atoms with Crippen molar-refractivity contribution in [3.8, 4) is 0 Å². The third kappa shape index (κ3) is 3.87. The number of hydrogen-bond acceptors (Lipinski definition) is 5. The van der Waals surface area contributed by atoms with Gasteiger partial charge in [0.05, 0.1) is 17.2 Å². The topological polar surface area (TPSA) is 83.6 Å². The molecule has 0 bridgehead atoms. The van der Waals surface area contributed by atoms with Gasteiger partial charge >= 0.3 is 0 Å². The van der Waals surface area contributed by atoms with Crippen LogP contribution in [0.25, 0.3) is 0 Å². The van der Waals surface area contributed by atoms with Crippen LogP contribution >= 0.6 is 23.4 Å². The summed E-state index contributed by atoms with van der Waals surface area (Å²) in [5.74, 6) is -0.0587. The molecule has 9 heteroatoms. The Morgan fingerprint density at radius 3 is 2.46 bits per heavy atom. The van der Waals surface area contributed by atoms with E-state index in [0.29, 0.717) is 16.3 Å². The SMILES string of the molecule is Cc1c(Cl)cccc1S(=O)(=O)Nc1ccc(CN2C(=O)CSC2=O)cc1. The molecule has 1 saturated heterocycles. The first-order chi connectivity index (χ1) is 12.3. The molecule has 1 aliphatic rings. The lowest BCUT2D eigenvalue weighted by molar-refractivity contribution is -0.125. The van der Waals surface area contributed by atoms with Crippen LogP contribution in [-0.2, 0) is 21.4 Å². The molecule has 26 heavy (non-hydrogen) atoms. The Bertz CT molecular complexity index is 959. The average Bonchev–Trinajstić information content (AvgIpc) is 2.90. The van der Waals surface area contributed by atoms with Crippen LogP contribution in [0.15, 0.2) is 47.4 Å². The van der Waals surface area contributed by atoms with Gasteiger partial charge in [-0.3, -0.25) is 19.2 Å². The van der Waals surface area contributed by atoms with Gasteiger partial charge in [-0.1, -0.05) is 41.6 Å². The number of carbonyl (C=O) groups excluding carboxylic acids is 2. The molecule has 1 heterocycles. The first kappa shape index (κ1) is 18.8. The number of hydrogen-bond donors (Lipinski definition) is 1. The number of nitrogens with zero attached hydrogens (tertiary/aromatic N) is 1. The monoisotopic (exact) mass is 410 g/mol. The van der Waals surface area contributed by atoms with E-state index in [0.717, 1.165) is 17.3 Å². The normalized spacial score (nSPS) is 14.8. The molecule has 0 spiro atoms. The number of nitrogens with one attached hydrogen (secondary N) is 1. The zero-order chi connectivity index (χ0) is 18.9. The van der Waals surface area contributed by atoms with E-state index in [4.69, 9.17) is 11.6 Å². The van der Waals surface area contributed by atoms with E-state index < -0.39 is 10.0 Å². The number of rotatable bonds is 5. The number of carbonyl (C=O) groups is 2. The molecule has 2 aromatic rings. The minimum absolute atomic E-state index is 0.111. The summed E-state index contributed by atoms with van der Waals surface area (Å²) in [5, 5.41) is 0.109. The first-order valence-corrected chi connectivity index (χ1v) is 10.5. The second-order valence-corrected chi connectivity index (χ2v) is 8.68. The summed E-state index contributed by atoms with van der Waals surface area (Å²) in [7, 11) is -3.78. The zero-order valence-electron chi connectivity index (χ0n) is 13.7. The van der Waals surface area contributed by atoms with Crippen molar-refractivity contribution >= 4 is 50.2 Å². The van der Waals surface area contributed by atoms with Gasteiger partial charge in [0.25, 0.3) is 15.3 Å². The van der Waals surface area contributed by atoms with Gasteiger partial charge in [0, 0.05) is 10.7 Å². The van der Waals surface area contributed by atoms with E-state index in [1.54, 1.807) is 43.3 Å². The van der Waals surface area contributed by atoms with Crippen LogP contribution < -0.4 is 4.72 Å². The van der Waals surface area contributed by atoms with E-state index in [-0.39, 0.29) is 28.3 Å². The molecule has 1 fully saturated rings. The van der Waals surface area contributed by atoms with E-state index in [1.165, 1.54) is 11.0 Å². The molecule has 0 aromatic heterocycles. The molecule has 0 aliphatic carbocycles. The summed E-state index contributed by atoms with van der Waals surface area (Å²) < 4.78 is 27.6. The maximum absolute atomic E-state index is 12.6. The van der Waals surface area contributed by atoms with Crippen LogP contribution in [0.5, 0.6) is 0 Å². The quantitative estimate of drug-likeness (QED) is 0.813. The molecule has 2 aromatic carbocycles. The standard InChI is InChI=1S/C17H15ClN2O4S2/c1-11-14(18)3-2-4-15(11)26(23,24)19-13-7-5-12(6-8-13)9-20-16(21)10-25-17(20)22/h2-8,19H,9-10H2,1H3. The predicted molar refractivity (Wildman–Crippen MR) is 102 cm³/mol.